The largest absolute Gasteiger partial charge is 0.439 e. The van der Waals surface area contributed by atoms with E-state index >= 15 is 0 Å². The molecule has 0 amide bonds. The van der Waals surface area contributed by atoms with Crippen molar-refractivity contribution in [3.05, 3.63) is 24.1 Å². The first-order valence-corrected chi connectivity index (χ1v) is 6.67. The van der Waals surface area contributed by atoms with Gasteiger partial charge in [0.2, 0.25) is 5.89 Å². The number of aromatic nitrogens is 1. The van der Waals surface area contributed by atoms with Gasteiger partial charge in [-0.2, -0.15) is 0 Å². The van der Waals surface area contributed by atoms with E-state index in [1.54, 1.807) is 6.07 Å². The van der Waals surface area contributed by atoms with Crippen LogP contribution in [0.25, 0.3) is 11.1 Å². The Morgan fingerprint density at radius 1 is 1.53 bits per heavy atom. The Bertz CT molecular complexity index is 581. The lowest BCUT2D eigenvalue weighted by Crippen LogP contribution is -2.41. The van der Waals surface area contributed by atoms with Gasteiger partial charge in [-0.15, -0.1) is 0 Å². The number of aliphatic hydroxyl groups is 1. The molecule has 2 atom stereocenters. The van der Waals surface area contributed by atoms with Crippen molar-refractivity contribution in [2.24, 2.45) is 5.92 Å². The quantitative estimate of drug-likeness (QED) is 0.803. The van der Waals surface area contributed by atoms with Gasteiger partial charge in [0, 0.05) is 24.8 Å². The Kier molecular flexibility index (Phi) is 3.16. The van der Waals surface area contributed by atoms with Crippen LogP contribution in [-0.2, 0) is 6.54 Å². The van der Waals surface area contributed by atoms with Crippen molar-refractivity contribution in [3.63, 3.8) is 0 Å². The Hall–Kier alpha value is -1.59. The first kappa shape index (κ1) is 12.4. The van der Waals surface area contributed by atoms with Crippen LogP contribution in [0.3, 0.4) is 0 Å². The lowest BCUT2D eigenvalue weighted by molar-refractivity contribution is 0.0291. The fourth-order valence-corrected chi connectivity index (χ4v) is 2.61. The highest BCUT2D eigenvalue weighted by Crippen LogP contribution is 2.22. The van der Waals surface area contributed by atoms with E-state index in [0.29, 0.717) is 24.0 Å². The maximum atomic E-state index is 9.73. The summed E-state index contributed by atoms with van der Waals surface area (Å²) >= 11 is 0. The zero-order valence-electron chi connectivity index (χ0n) is 11.0. The zero-order chi connectivity index (χ0) is 13.4. The molecule has 1 aromatic heterocycles. The molecule has 1 fully saturated rings. The van der Waals surface area contributed by atoms with Gasteiger partial charge in [0.05, 0.1) is 12.6 Å². The Morgan fingerprint density at radius 3 is 3.16 bits per heavy atom. The van der Waals surface area contributed by atoms with Gasteiger partial charge in [0.15, 0.2) is 5.58 Å². The molecule has 2 unspecified atom stereocenters. The van der Waals surface area contributed by atoms with Crippen molar-refractivity contribution >= 4 is 16.8 Å². The molecular formula is C14H19N3O2. The molecule has 5 nitrogen and oxygen atoms in total. The maximum Gasteiger partial charge on any atom is 0.209 e. The van der Waals surface area contributed by atoms with E-state index in [1.807, 2.05) is 12.1 Å². The summed E-state index contributed by atoms with van der Waals surface area (Å²) in [6.45, 7) is 4.52. The Morgan fingerprint density at radius 2 is 2.37 bits per heavy atom. The number of nitrogen functional groups attached to an aromatic ring is 1. The van der Waals surface area contributed by atoms with Crippen molar-refractivity contribution in [1.82, 2.24) is 9.88 Å². The van der Waals surface area contributed by atoms with Crippen LogP contribution in [0, 0.1) is 5.92 Å². The molecule has 0 saturated carbocycles. The number of rotatable bonds is 2. The number of nitrogens with zero attached hydrogens (tertiary/aromatic N) is 2. The van der Waals surface area contributed by atoms with Crippen LogP contribution in [0.2, 0.25) is 0 Å². The fraction of sp³-hybridized carbons (Fsp3) is 0.500. The minimum absolute atomic E-state index is 0.181. The topological polar surface area (TPSA) is 75.5 Å². The molecule has 1 saturated heterocycles. The Balaban J connectivity index is 1.74. The van der Waals surface area contributed by atoms with Gasteiger partial charge in [-0.1, -0.05) is 6.92 Å². The molecule has 1 aliphatic heterocycles. The number of oxazole rings is 1. The average molecular weight is 261 g/mol. The average Bonchev–Trinajstić information content (AvgIpc) is 2.75. The van der Waals surface area contributed by atoms with Crippen LogP contribution in [0.15, 0.2) is 22.6 Å². The Labute approximate surface area is 112 Å². The first-order chi connectivity index (χ1) is 9.11. The number of hydrogen-bond donors (Lipinski definition) is 2. The molecule has 0 aliphatic carbocycles. The number of anilines is 1. The van der Waals surface area contributed by atoms with Crippen LogP contribution in [0.1, 0.15) is 19.2 Å². The number of likely N-dealkylation sites (tertiary alicyclic amines) is 1. The highest BCUT2D eigenvalue weighted by Gasteiger charge is 2.25. The minimum Gasteiger partial charge on any atom is -0.439 e. The van der Waals surface area contributed by atoms with Gasteiger partial charge in [-0.3, -0.25) is 4.90 Å². The normalized spacial score (nSPS) is 24.9. The van der Waals surface area contributed by atoms with E-state index in [9.17, 15) is 5.11 Å². The third-order valence-corrected chi connectivity index (χ3v) is 3.76. The summed E-state index contributed by atoms with van der Waals surface area (Å²) in [6.07, 6.45) is 0.633. The fourth-order valence-electron chi connectivity index (χ4n) is 2.61. The molecule has 1 aromatic carbocycles. The van der Waals surface area contributed by atoms with E-state index in [1.165, 1.54) is 0 Å². The number of fused-ring (bicyclic) bond motifs is 1. The van der Waals surface area contributed by atoms with Crippen LogP contribution >= 0.6 is 0 Å². The summed E-state index contributed by atoms with van der Waals surface area (Å²) in [5.41, 5.74) is 7.99. The summed E-state index contributed by atoms with van der Waals surface area (Å²) in [6, 6.07) is 5.50. The second-order valence-corrected chi connectivity index (χ2v) is 5.40. The minimum atomic E-state index is -0.181. The molecule has 2 heterocycles. The van der Waals surface area contributed by atoms with Gasteiger partial charge in [0.1, 0.15) is 5.52 Å². The monoisotopic (exact) mass is 261 g/mol. The van der Waals surface area contributed by atoms with Crippen molar-refractivity contribution in [3.8, 4) is 0 Å². The first-order valence-electron chi connectivity index (χ1n) is 6.67. The standard InChI is InChI=1S/C14H19N3O2/c1-9-7-17(5-4-12(9)18)8-14-16-11-3-2-10(15)6-13(11)19-14/h2-3,6,9,12,18H,4-5,7-8,15H2,1H3. The van der Waals surface area contributed by atoms with Crippen LogP contribution in [0.4, 0.5) is 5.69 Å². The molecule has 2 aromatic rings. The zero-order valence-corrected chi connectivity index (χ0v) is 11.0. The molecule has 5 heteroatoms. The molecule has 1 aliphatic rings. The second kappa shape index (κ2) is 4.83. The summed E-state index contributed by atoms with van der Waals surface area (Å²) < 4.78 is 5.72. The molecule has 3 rings (SSSR count). The van der Waals surface area contributed by atoms with E-state index in [4.69, 9.17) is 10.2 Å². The van der Waals surface area contributed by atoms with Gasteiger partial charge in [0.25, 0.3) is 0 Å². The maximum absolute atomic E-state index is 9.73. The van der Waals surface area contributed by atoms with Crippen molar-refractivity contribution in [1.29, 1.82) is 0 Å². The predicted molar refractivity (Wildman–Crippen MR) is 73.5 cm³/mol. The molecule has 19 heavy (non-hydrogen) atoms. The van der Waals surface area contributed by atoms with Crippen LogP contribution < -0.4 is 5.73 Å². The summed E-state index contributed by atoms with van der Waals surface area (Å²) in [4.78, 5) is 6.73. The van der Waals surface area contributed by atoms with E-state index in [0.717, 1.165) is 30.6 Å². The third-order valence-electron chi connectivity index (χ3n) is 3.76. The molecule has 0 bridgehead atoms. The van der Waals surface area contributed by atoms with E-state index in [2.05, 4.69) is 16.8 Å². The van der Waals surface area contributed by atoms with E-state index < -0.39 is 0 Å². The summed E-state index contributed by atoms with van der Waals surface area (Å²) in [5, 5.41) is 9.73. The second-order valence-electron chi connectivity index (χ2n) is 5.40. The number of piperidine rings is 1. The smallest absolute Gasteiger partial charge is 0.209 e. The van der Waals surface area contributed by atoms with Gasteiger partial charge in [-0.25, -0.2) is 4.98 Å². The molecule has 102 valence electrons. The van der Waals surface area contributed by atoms with Crippen LogP contribution in [-0.4, -0.2) is 34.2 Å². The number of nitrogens with two attached hydrogens (primary N) is 1. The van der Waals surface area contributed by atoms with Gasteiger partial charge >= 0.3 is 0 Å². The lowest BCUT2D eigenvalue weighted by Gasteiger charge is -2.33. The lowest BCUT2D eigenvalue weighted by atomic mass is 9.97. The van der Waals surface area contributed by atoms with Crippen molar-refractivity contribution in [2.45, 2.75) is 26.0 Å². The van der Waals surface area contributed by atoms with E-state index in [-0.39, 0.29) is 6.10 Å². The summed E-state index contributed by atoms with van der Waals surface area (Å²) in [7, 11) is 0. The van der Waals surface area contributed by atoms with Gasteiger partial charge < -0.3 is 15.3 Å². The molecular weight excluding hydrogens is 242 g/mol. The SMILES string of the molecule is CC1CN(Cc2nc3ccc(N)cc3o2)CCC1O. The van der Waals surface area contributed by atoms with Crippen molar-refractivity contribution in [2.75, 3.05) is 18.8 Å². The third kappa shape index (κ3) is 2.57. The highest BCUT2D eigenvalue weighted by molar-refractivity contribution is 5.76. The predicted octanol–water partition coefficient (Wildman–Crippen LogP) is 1.61. The number of hydrogen-bond acceptors (Lipinski definition) is 5. The van der Waals surface area contributed by atoms with Crippen molar-refractivity contribution < 1.29 is 9.52 Å². The highest BCUT2D eigenvalue weighted by atomic mass is 16.3. The number of benzene rings is 1. The van der Waals surface area contributed by atoms with Gasteiger partial charge in [-0.05, 0) is 24.5 Å². The molecule has 0 spiro atoms. The molecule has 3 N–H and O–H groups in total. The summed E-state index contributed by atoms with van der Waals surface area (Å²) in [5.74, 6) is 1.01. The molecule has 0 radical (unpaired) electrons. The van der Waals surface area contributed by atoms with Crippen LogP contribution in [0.5, 0.6) is 0 Å². The number of aliphatic hydroxyl groups excluding tert-OH is 1.